The molecule has 2 saturated heterocycles. The van der Waals surface area contributed by atoms with Crippen molar-refractivity contribution in [3.05, 3.63) is 29.1 Å². The minimum atomic E-state index is 0.258. The van der Waals surface area contributed by atoms with Crippen LogP contribution in [0.25, 0.3) is 0 Å². The van der Waals surface area contributed by atoms with Gasteiger partial charge in [-0.05, 0) is 44.4 Å². The highest BCUT2D eigenvalue weighted by Gasteiger charge is 2.27. The SMILES string of the molecule is Cc1ccc([C@@H]2CCOC2)c(CN2CCC[C@H]2CO)n1. The second kappa shape index (κ2) is 6.20. The van der Waals surface area contributed by atoms with E-state index < -0.39 is 0 Å². The summed E-state index contributed by atoms with van der Waals surface area (Å²) in [4.78, 5) is 7.15. The van der Waals surface area contributed by atoms with Crippen LogP contribution >= 0.6 is 0 Å². The van der Waals surface area contributed by atoms with E-state index >= 15 is 0 Å². The lowest BCUT2D eigenvalue weighted by Gasteiger charge is -2.24. The first kappa shape index (κ1) is 14.0. The molecule has 0 radical (unpaired) electrons. The molecule has 0 spiro atoms. The first-order valence-corrected chi connectivity index (χ1v) is 7.67. The van der Waals surface area contributed by atoms with E-state index in [2.05, 4.69) is 17.0 Å². The van der Waals surface area contributed by atoms with Gasteiger partial charge in [-0.25, -0.2) is 0 Å². The number of hydrogen-bond donors (Lipinski definition) is 1. The van der Waals surface area contributed by atoms with Crippen molar-refractivity contribution in [1.82, 2.24) is 9.88 Å². The molecular weight excluding hydrogens is 252 g/mol. The molecule has 3 rings (SSSR count). The highest BCUT2D eigenvalue weighted by atomic mass is 16.5. The summed E-state index contributed by atoms with van der Waals surface area (Å²) < 4.78 is 5.53. The number of nitrogens with zero attached hydrogens (tertiary/aromatic N) is 2. The molecule has 2 atom stereocenters. The molecule has 1 N–H and O–H groups in total. The maximum atomic E-state index is 9.47. The molecule has 1 aromatic rings. The van der Waals surface area contributed by atoms with E-state index in [1.165, 1.54) is 17.7 Å². The second-order valence-corrected chi connectivity index (χ2v) is 6.00. The Morgan fingerprint density at radius 2 is 2.30 bits per heavy atom. The van der Waals surface area contributed by atoms with E-state index in [-0.39, 0.29) is 6.61 Å². The number of aromatic nitrogens is 1. The maximum absolute atomic E-state index is 9.47. The topological polar surface area (TPSA) is 45.6 Å². The molecule has 2 aliphatic heterocycles. The van der Waals surface area contributed by atoms with Crippen molar-refractivity contribution in [2.24, 2.45) is 0 Å². The Bertz CT molecular complexity index is 458. The smallest absolute Gasteiger partial charge is 0.0587 e. The molecule has 1 aromatic heterocycles. The number of aliphatic hydroxyl groups excluding tert-OH is 1. The Balaban J connectivity index is 1.81. The molecule has 0 amide bonds. The summed E-state index contributed by atoms with van der Waals surface area (Å²) in [5, 5.41) is 9.47. The van der Waals surface area contributed by atoms with Crippen LogP contribution in [0.15, 0.2) is 12.1 Å². The zero-order valence-corrected chi connectivity index (χ0v) is 12.2. The molecule has 0 aromatic carbocycles. The second-order valence-electron chi connectivity index (χ2n) is 6.00. The number of hydrogen-bond acceptors (Lipinski definition) is 4. The minimum Gasteiger partial charge on any atom is -0.395 e. The lowest BCUT2D eigenvalue weighted by Crippen LogP contribution is -2.32. The van der Waals surface area contributed by atoms with Crippen LogP contribution in [-0.2, 0) is 11.3 Å². The molecule has 0 unspecified atom stereocenters. The number of aryl methyl sites for hydroxylation is 1. The van der Waals surface area contributed by atoms with Crippen molar-refractivity contribution in [2.75, 3.05) is 26.4 Å². The van der Waals surface area contributed by atoms with Crippen molar-refractivity contribution in [1.29, 1.82) is 0 Å². The van der Waals surface area contributed by atoms with Crippen LogP contribution in [0.5, 0.6) is 0 Å². The molecule has 4 nitrogen and oxygen atoms in total. The maximum Gasteiger partial charge on any atom is 0.0587 e. The van der Waals surface area contributed by atoms with Gasteiger partial charge in [-0.3, -0.25) is 9.88 Å². The number of likely N-dealkylation sites (tertiary alicyclic amines) is 1. The van der Waals surface area contributed by atoms with Crippen LogP contribution in [0, 0.1) is 6.92 Å². The molecule has 2 aliphatic rings. The van der Waals surface area contributed by atoms with E-state index in [9.17, 15) is 5.11 Å². The predicted octanol–water partition coefficient (Wildman–Crippen LogP) is 1.85. The molecule has 20 heavy (non-hydrogen) atoms. The Labute approximate surface area is 120 Å². The van der Waals surface area contributed by atoms with E-state index in [1.54, 1.807) is 0 Å². The third-order valence-corrected chi connectivity index (χ3v) is 4.58. The van der Waals surface area contributed by atoms with Gasteiger partial charge >= 0.3 is 0 Å². The van der Waals surface area contributed by atoms with Gasteiger partial charge in [0.1, 0.15) is 0 Å². The van der Waals surface area contributed by atoms with Crippen LogP contribution in [0.2, 0.25) is 0 Å². The van der Waals surface area contributed by atoms with Crippen LogP contribution in [-0.4, -0.2) is 47.4 Å². The van der Waals surface area contributed by atoms with Crippen molar-refractivity contribution < 1.29 is 9.84 Å². The monoisotopic (exact) mass is 276 g/mol. The lowest BCUT2D eigenvalue weighted by atomic mass is 9.96. The summed E-state index contributed by atoms with van der Waals surface area (Å²) in [5.41, 5.74) is 3.60. The summed E-state index contributed by atoms with van der Waals surface area (Å²) in [7, 11) is 0. The number of pyridine rings is 1. The fraction of sp³-hybridized carbons (Fsp3) is 0.688. The first-order chi connectivity index (χ1) is 9.78. The largest absolute Gasteiger partial charge is 0.395 e. The van der Waals surface area contributed by atoms with Crippen LogP contribution in [0.4, 0.5) is 0 Å². The van der Waals surface area contributed by atoms with Gasteiger partial charge in [-0.15, -0.1) is 0 Å². The number of aliphatic hydroxyl groups is 1. The molecule has 2 fully saturated rings. The van der Waals surface area contributed by atoms with Gasteiger partial charge in [0.15, 0.2) is 0 Å². The van der Waals surface area contributed by atoms with Crippen LogP contribution in [0.3, 0.4) is 0 Å². The van der Waals surface area contributed by atoms with Gasteiger partial charge in [0, 0.05) is 30.8 Å². The highest BCUT2D eigenvalue weighted by Crippen LogP contribution is 2.29. The van der Waals surface area contributed by atoms with Gasteiger partial charge in [0.25, 0.3) is 0 Å². The quantitative estimate of drug-likeness (QED) is 0.911. The Kier molecular flexibility index (Phi) is 4.34. The van der Waals surface area contributed by atoms with Crippen molar-refractivity contribution in [3.8, 4) is 0 Å². The lowest BCUT2D eigenvalue weighted by molar-refractivity contribution is 0.152. The average molecular weight is 276 g/mol. The summed E-state index contributed by atoms with van der Waals surface area (Å²) in [6, 6.07) is 4.64. The van der Waals surface area contributed by atoms with E-state index in [4.69, 9.17) is 9.72 Å². The Morgan fingerprint density at radius 1 is 1.40 bits per heavy atom. The molecule has 110 valence electrons. The van der Waals surface area contributed by atoms with Gasteiger partial charge in [0.2, 0.25) is 0 Å². The standard InChI is InChI=1S/C16H24N2O2/c1-12-4-5-15(13-6-8-20-11-13)16(17-12)9-18-7-2-3-14(18)10-19/h4-5,13-14,19H,2-3,6-11H2,1H3/t13-,14+/m1/s1. The summed E-state index contributed by atoms with van der Waals surface area (Å²) in [5.74, 6) is 0.494. The molecule has 0 saturated carbocycles. The van der Waals surface area contributed by atoms with Gasteiger partial charge in [-0.2, -0.15) is 0 Å². The van der Waals surface area contributed by atoms with Crippen LogP contribution < -0.4 is 0 Å². The zero-order valence-electron chi connectivity index (χ0n) is 12.2. The molecule has 4 heteroatoms. The first-order valence-electron chi connectivity index (χ1n) is 7.67. The fourth-order valence-corrected chi connectivity index (χ4v) is 3.40. The van der Waals surface area contributed by atoms with Crippen molar-refractivity contribution >= 4 is 0 Å². The highest BCUT2D eigenvalue weighted by molar-refractivity contribution is 5.27. The third kappa shape index (κ3) is 2.87. The fourth-order valence-electron chi connectivity index (χ4n) is 3.40. The average Bonchev–Trinajstić information content (AvgIpc) is 3.10. The molecule has 3 heterocycles. The van der Waals surface area contributed by atoms with Gasteiger partial charge < -0.3 is 9.84 Å². The third-order valence-electron chi connectivity index (χ3n) is 4.58. The Morgan fingerprint density at radius 3 is 3.05 bits per heavy atom. The molecule has 0 aliphatic carbocycles. The number of ether oxygens (including phenoxy) is 1. The van der Waals surface area contributed by atoms with E-state index in [1.807, 2.05) is 6.92 Å². The predicted molar refractivity (Wildman–Crippen MR) is 77.7 cm³/mol. The van der Waals surface area contributed by atoms with Crippen LogP contribution in [0.1, 0.15) is 42.1 Å². The molecule has 0 bridgehead atoms. The minimum absolute atomic E-state index is 0.258. The van der Waals surface area contributed by atoms with Crippen molar-refractivity contribution in [2.45, 2.75) is 44.7 Å². The summed E-state index contributed by atoms with van der Waals surface area (Å²) >= 11 is 0. The van der Waals surface area contributed by atoms with Gasteiger partial charge in [-0.1, -0.05) is 6.07 Å². The summed E-state index contributed by atoms with van der Waals surface area (Å²) in [6.45, 7) is 5.92. The number of rotatable bonds is 4. The van der Waals surface area contributed by atoms with E-state index in [0.29, 0.717) is 12.0 Å². The summed E-state index contributed by atoms with van der Waals surface area (Å²) in [6.07, 6.45) is 3.38. The normalized spacial score (nSPS) is 27.3. The van der Waals surface area contributed by atoms with Gasteiger partial charge in [0.05, 0.1) is 18.9 Å². The zero-order chi connectivity index (χ0) is 13.9. The Hall–Kier alpha value is -0.970. The molecular formula is C16H24N2O2. The van der Waals surface area contributed by atoms with Crippen molar-refractivity contribution in [3.63, 3.8) is 0 Å². The van der Waals surface area contributed by atoms with E-state index in [0.717, 1.165) is 44.8 Å².